The van der Waals surface area contributed by atoms with Gasteiger partial charge in [0.25, 0.3) is 0 Å². The molecule has 2 rings (SSSR count). The van der Waals surface area contributed by atoms with Gasteiger partial charge >= 0.3 is 12.0 Å². The number of likely N-dealkylation sites (tertiary alicyclic amines) is 2. The molecule has 2 amide bonds. The first-order valence-corrected chi connectivity index (χ1v) is 7.03. The molecule has 0 radical (unpaired) electrons. The second-order valence-corrected chi connectivity index (χ2v) is 5.84. The number of aliphatic hydroxyl groups excluding tert-OH is 1. The van der Waals surface area contributed by atoms with Crippen molar-refractivity contribution >= 4 is 12.0 Å². The fourth-order valence-corrected chi connectivity index (χ4v) is 3.08. The van der Waals surface area contributed by atoms with Crippen LogP contribution in [0.2, 0.25) is 0 Å². The molecule has 2 aliphatic rings. The molecule has 2 fully saturated rings. The molecule has 1 unspecified atom stereocenters. The van der Waals surface area contributed by atoms with E-state index >= 15 is 0 Å². The minimum Gasteiger partial charge on any atom is -0.480 e. The average molecular weight is 285 g/mol. The van der Waals surface area contributed by atoms with Crippen molar-refractivity contribution < 1.29 is 19.8 Å². The van der Waals surface area contributed by atoms with Crippen LogP contribution < -0.4 is 0 Å². The topological polar surface area (TPSA) is 84.3 Å². The zero-order chi connectivity index (χ0) is 14.9. The van der Waals surface area contributed by atoms with E-state index in [0.717, 1.165) is 19.4 Å². The molecule has 0 bridgehead atoms. The first-order valence-electron chi connectivity index (χ1n) is 7.03. The fourth-order valence-electron chi connectivity index (χ4n) is 3.08. The van der Waals surface area contributed by atoms with E-state index in [0.29, 0.717) is 12.6 Å². The molecule has 114 valence electrons. The molecular formula is C13H23N3O4. The van der Waals surface area contributed by atoms with Gasteiger partial charge in [-0.1, -0.05) is 0 Å². The van der Waals surface area contributed by atoms with Gasteiger partial charge in [-0.15, -0.1) is 0 Å². The van der Waals surface area contributed by atoms with Gasteiger partial charge in [0.1, 0.15) is 6.04 Å². The molecule has 3 atom stereocenters. The SMILES string of the molecule is CN(CC1CCCN1C)C(=O)N1C[C@H](O)C[C@@H]1C(=O)O. The monoisotopic (exact) mass is 285 g/mol. The maximum atomic E-state index is 12.4. The van der Waals surface area contributed by atoms with E-state index in [1.807, 2.05) is 7.05 Å². The van der Waals surface area contributed by atoms with Crippen LogP contribution in [0.25, 0.3) is 0 Å². The van der Waals surface area contributed by atoms with Gasteiger partial charge in [0, 0.05) is 32.6 Å². The van der Waals surface area contributed by atoms with Crippen LogP contribution in [-0.4, -0.2) is 88.8 Å². The molecule has 0 saturated carbocycles. The largest absolute Gasteiger partial charge is 0.480 e. The number of β-amino-alcohol motifs (C(OH)–C–C–N with tert-alkyl or cyclic N) is 1. The Balaban J connectivity index is 1.97. The zero-order valence-corrected chi connectivity index (χ0v) is 12.0. The Hall–Kier alpha value is -1.34. The van der Waals surface area contributed by atoms with E-state index < -0.39 is 18.1 Å². The first-order chi connectivity index (χ1) is 9.40. The van der Waals surface area contributed by atoms with Crippen molar-refractivity contribution in [3.63, 3.8) is 0 Å². The van der Waals surface area contributed by atoms with Gasteiger partial charge in [-0.2, -0.15) is 0 Å². The zero-order valence-electron chi connectivity index (χ0n) is 12.0. The summed E-state index contributed by atoms with van der Waals surface area (Å²) < 4.78 is 0. The highest BCUT2D eigenvalue weighted by Crippen LogP contribution is 2.21. The number of likely N-dealkylation sites (N-methyl/N-ethyl adjacent to an activating group) is 2. The number of hydrogen-bond acceptors (Lipinski definition) is 4. The summed E-state index contributed by atoms with van der Waals surface area (Å²) in [6.07, 6.45) is 1.54. The lowest BCUT2D eigenvalue weighted by atomic mass is 10.2. The lowest BCUT2D eigenvalue weighted by Gasteiger charge is -2.30. The average Bonchev–Trinajstić information content (AvgIpc) is 2.95. The lowest BCUT2D eigenvalue weighted by Crippen LogP contribution is -2.49. The first kappa shape index (κ1) is 15.1. The molecule has 0 aromatic rings. The van der Waals surface area contributed by atoms with Crippen LogP contribution in [-0.2, 0) is 4.79 Å². The number of hydrogen-bond donors (Lipinski definition) is 2. The second kappa shape index (κ2) is 5.97. The summed E-state index contributed by atoms with van der Waals surface area (Å²) in [4.78, 5) is 28.6. The van der Waals surface area contributed by atoms with Crippen LogP contribution >= 0.6 is 0 Å². The molecule has 2 heterocycles. The summed E-state index contributed by atoms with van der Waals surface area (Å²) in [6, 6.07) is -0.893. The Kier molecular flexibility index (Phi) is 4.49. The number of carbonyl (C=O) groups is 2. The van der Waals surface area contributed by atoms with E-state index in [4.69, 9.17) is 5.11 Å². The van der Waals surface area contributed by atoms with Crippen molar-refractivity contribution in [3.05, 3.63) is 0 Å². The number of carbonyl (C=O) groups excluding carboxylic acids is 1. The minimum absolute atomic E-state index is 0.0979. The Morgan fingerprint density at radius 3 is 2.65 bits per heavy atom. The maximum Gasteiger partial charge on any atom is 0.326 e. The van der Waals surface area contributed by atoms with Crippen LogP contribution in [0, 0.1) is 0 Å². The number of amides is 2. The molecule has 0 aromatic carbocycles. The highest BCUT2D eigenvalue weighted by atomic mass is 16.4. The van der Waals surface area contributed by atoms with Gasteiger partial charge in [0.05, 0.1) is 6.10 Å². The standard InChI is InChI=1S/C13H23N3O4/c1-14-5-3-4-9(14)7-15(2)13(20)16-8-10(17)6-11(16)12(18)19/h9-11,17H,3-8H2,1-2H3,(H,18,19)/t9?,10-,11-/m1/s1. The van der Waals surface area contributed by atoms with E-state index in [-0.39, 0.29) is 19.0 Å². The Morgan fingerprint density at radius 2 is 2.10 bits per heavy atom. The number of carboxylic acid groups (broad SMARTS) is 1. The quantitative estimate of drug-likeness (QED) is 0.740. The summed E-state index contributed by atoms with van der Waals surface area (Å²) in [5.41, 5.74) is 0. The molecule has 2 saturated heterocycles. The molecule has 7 nitrogen and oxygen atoms in total. The van der Waals surface area contributed by atoms with Crippen molar-refractivity contribution in [3.8, 4) is 0 Å². The van der Waals surface area contributed by atoms with E-state index in [2.05, 4.69) is 4.90 Å². The Bertz CT molecular complexity index is 390. The van der Waals surface area contributed by atoms with Crippen LogP contribution in [0.15, 0.2) is 0 Å². The molecule has 0 aliphatic carbocycles. The number of rotatable bonds is 3. The second-order valence-electron chi connectivity index (χ2n) is 5.84. The van der Waals surface area contributed by atoms with Gasteiger partial charge in [0.15, 0.2) is 0 Å². The maximum absolute atomic E-state index is 12.4. The van der Waals surface area contributed by atoms with E-state index in [1.165, 1.54) is 4.90 Å². The number of nitrogens with zero attached hydrogens (tertiary/aromatic N) is 3. The van der Waals surface area contributed by atoms with E-state index in [9.17, 15) is 14.7 Å². The summed E-state index contributed by atoms with van der Waals surface area (Å²) in [6.45, 7) is 1.72. The molecule has 0 spiro atoms. The fraction of sp³-hybridized carbons (Fsp3) is 0.846. The van der Waals surface area contributed by atoms with Crippen molar-refractivity contribution in [2.24, 2.45) is 0 Å². The van der Waals surface area contributed by atoms with Gasteiger partial charge in [-0.05, 0) is 26.4 Å². The summed E-state index contributed by atoms with van der Waals surface area (Å²) in [7, 11) is 3.73. The minimum atomic E-state index is -1.05. The molecule has 7 heteroatoms. The van der Waals surface area contributed by atoms with Crippen molar-refractivity contribution in [1.82, 2.24) is 14.7 Å². The lowest BCUT2D eigenvalue weighted by molar-refractivity contribution is -0.141. The van der Waals surface area contributed by atoms with Gasteiger partial charge in [0.2, 0.25) is 0 Å². The molecule has 20 heavy (non-hydrogen) atoms. The number of carboxylic acids is 1. The summed E-state index contributed by atoms with van der Waals surface area (Å²) >= 11 is 0. The van der Waals surface area contributed by atoms with Gasteiger partial charge in [-0.3, -0.25) is 0 Å². The van der Waals surface area contributed by atoms with Gasteiger partial charge in [-0.25, -0.2) is 9.59 Å². The summed E-state index contributed by atoms with van der Waals surface area (Å²) in [5, 5.41) is 18.7. The Labute approximate surface area is 118 Å². The van der Waals surface area contributed by atoms with Crippen molar-refractivity contribution in [2.75, 3.05) is 33.7 Å². The third-order valence-corrected chi connectivity index (χ3v) is 4.29. The van der Waals surface area contributed by atoms with Crippen molar-refractivity contribution in [2.45, 2.75) is 37.5 Å². The highest BCUT2D eigenvalue weighted by molar-refractivity contribution is 5.83. The number of aliphatic carboxylic acids is 1. The molecular weight excluding hydrogens is 262 g/mol. The molecule has 0 aromatic heterocycles. The predicted molar refractivity (Wildman–Crippen MR) is 72.4 cm³/mol. The number of aliphatic hydroxyl groups is 1. The predicted octanol–water partition coefficient (Wildman–Crippen LogP) is -0.348. The Morgan fingerprint density at radius 1 is 1.40 bits per heavy atom. The smallest absolute Gasteiger partial charge is 0.326 e. The third-order valence-electron chi connectivity index (χ3n) is 4.29. The van der Waals surface area contributed by atoms with Gasteiger partial charge < -0.3 is 24.9 Å². The van der Waals surface area contributed by atoms with E-state index in [1.54, 1.807) is 11.9 Å². The van der Waals surface area contributed by atoms with Crippen LogP contribution in [0.1, 0.15) is 19.3 Å². The van der Waals surface area contributed by atoms with Crippen LogP contribution in [0.5, 0.6) is 0 Å². The van der Waals surface area contributed by atoms with Crippen molar-refractivity contribution in [1.29, 1.82) is 0 Å². The van der Waals surface area contributed by atoms with Crippen LogP contribution in [0.4, 0.5) is 4.79 Å². The number of urea groups is 1. The molecule has 2 N–H and O–H groups in total. The molecule has 2 aliphatic heterocycles. The normalized spacial score (nSPS) is 30.8. The highest BCUT2D eigenvalue weighted by Gasteiger charge is 2.40. The summed E-state index contributed by atoms with van der Waals surface area (Å²) in [5.74, 6) is -1.05. The van der Waals surface area contributed by atoms with Crippen LogP contribution in [0.3, 0.4) is 0 Å². The third kappa shape index (κ3) is 3.04.